The van der Waals surface area contributed by atoms with Crippen molar-refractivity contribution in [2.75, 3.05) is 7.05 Å². The van der Waals surface area contributed by atoms with Crippen LogP contribution < -0.4 is 0 Å². The molecule has 1 heterocycles. The van der Waals surface area contributed by atoms with E-state index in [1.54, 1.807) is 32.1 Å². The SMILES string of the molecule is CC1CCC2C3C(C4CCCCC4C3[Si](C)(C)C3CCCC3)N(C)C2C1C.[CH3-].[CH3-].[Cl][Zr+2][Cl]. The first-order chi connectivity index (χ1) is 14.3. The molecule has 1 aliphatic heterocycles. The fraction of sp³-hybridized carbons (Fsp3) is 0.926. The quantitative estimate of drug-likeness (QED) is 0.233. The Bertz CT molecular complexity index is 584. The summed E-state index contributed by atoms with van der Waals surface area (Å²) in [6.07, 6.45) is 15.5. The van der Waals surface area contributed by atoms with Crippen LogP contribution in [0.5, 0.6) is 0 Å². The van der Waals surface area contributed by atoms with Crippen molar-refractivity contribution >= 4 is 25.1 Å². The zero-order valence-electron chi connectivity index (χ0n) is 22.0. The topological polar surface area (TPSA) is 3.24 Å². The maximum atomic E-state index is 4.93. The number of likely N-dealkylation sites (tertiary alicyclic amines) is 1. The van der Waals surface area contributed by atoms with Crippen molar-refractivity contribution in [3.8, 4) is 0 Å². The molecule has 0 amide bonds. The van der Waals surface area contributed by atoms with Crippen LogP contribution in [0.3, 0.4) is 0 Å². The van der Waals surface area contributed by atoms with Crippen molar-refractivity contribution in [1.82, 2.24) is 4.90 Å². The second-order valence-electron chi connectivity index (χ2n) is 12.3. The summed E-state index contributed by atoms with van der Waals surface area (Å²) in [6, 6.07) is 1.86. The van der Waals surface area contributed by atoms with Gasteiger partial charge in [-0.2, -0.15) is 0 Å². The molecular weight excluding hydrogens is 529 g/mol. The molecule has 5 rings (SSSR count). The van der Waals surface area contributed by atoms with E-state index in [4.69, 9.17) is 17.0 Å². The number of fused-ring (bicyclic) bond motifs is 5. The molecule has 5 heteroatoms. The maximum absolute atomic E-state index is 4.93. The van der Waals surface area contributed by atoms with Crippen molar-refractivity contribution in [3.05, 3.63) is 14.9 Å². The molecule has 9 unspecified atom stereocenters. The van der Waals surface area contributed by atoms with Gasteiger partial charge in [-0.1, -0.05) is 78.3 Å². The van der Waals surface area contributed by atoms with Crippen molar-refractivity contribution in [2.45, 2.75) is 114 Å². The van der Waals surface area contributed by atoms with Crippen LogP contribution in [0.25, 0.3) is 0 Å². The normalized spacial score (nSPS) is 43.5. The number of halogens is 2. The summed E-state index contributed by atoms with van der Waals surface area (Å²) in [5, 5.41) is 0. The summed E-state index contributed by atoms with van der Waals surface area (Å²) in [5.74, 6) is 6.13. The van der Waals surface area contributed by atoms with Crippen molar-refractivity contribution in [3.63, 3.8) is 0 Å². The van der Waals surface area contributed by atoms with E-state index in [1.807, 2.05) is 0 Å². The molecule has 1 nitrogen and oxygen atoms in total. The van der Waals surface area contributed by atoms with Gasteiger partial charge in [-0.15, -0.1) is 0 Å². The Kier molecular flexibility index (Phi) is 11.4. The predicted molar refractivity (Wildman–Crippen MR) is 143 cm³/mol. The van der Waals surface area contributed by atoms with Crippen LogP contribution in [0, 0.1) is 50.4 Å². The first kappa shape index (κ1) is 29.9. The molecule has 5 fully saturated rings. The van der Waals surface area contributed by atoms with Gasteiger partial charge in [0.2, 0.25) is 0 Å². The minimum absolute atomic E-state index is 0. The zero-order valence-corrected chi connectivity index (χ0v) is 27.0. The van der Waals surface area contributed by atoms with Gasteiger partial charge in [0.05, 0.1) is 8.07 Å². The average Bonchev–Trinajstić information content (AvgIpc) is 3.42. The van der Waals surface area contributed by atoms with E-state index in [-0.39, 0.29) is 14.9 Å². The Morgan fingerprint density at radius 2 is 1.28 bits per heavy atom. The van der Waals surface area contributed by atoms with Gasteiger partial charge in [0.1, 0.15) is 0 Å². The summed E-state index contributed by atoms with van der Waals surface area (Å²) in [7, 11) is 11.2. The Balaban J connectivity index is 0.000000690. The molecular formula is C27H51Cl2NSiZr. The number of hydrogen-bond acceptors (Lipinski definition) is 1. The molecule has 0 spiro atoms. The zero-order chi connectivity index (χ0) is 21.6. The third kappa shape index (κ3) is 5.06. The Labute approximate surface area is 221 Å². The standard InChI is InChI=1S/C25H45NSi.2CH3.2ClH.Zr/c1-16-14-15-21-22-24(26(3)23(21)17(16)2)19-12-8-9-13-20(19)25(22)27(4,5)18-10-6-7-11-18;;;;;/h16-25H,6-15H2,1-5H3;2*1H3;2*1H;/q;2*-1;;;+4/p-2. The van der Waals surface area contributed by atoms with E-state index < -0.39 is 28.9 Å². The van der Waals surface area contributed by atoms with E-state index in [2.05, 4.69) is 38.9 Å². The van der Waals surface area contributed by atoms with Crippen molar-refractivity contribution in [1.29, 1.82) is 0 Å². The van der Waals surface area contributed by atoms with Crippen LogP contribution in [0.1, 0.15) is 78.1 Å². The molecule has 9 atom stereocenters. The van der Waals surface area contributed by atoms with E-state index in [1.165, 1.54) is 32.1 Å². The van der Waals surface area contributed by atoms with Gasteiger partial charge in [0.15, 0.2) is 0 Å². The van der Waals surface area contributed by atoms with E-state index in [0.717, 1.165) is 58.7 Å². The molecule has 0 bridgehead atoms. The number of rotatable bonds is 2. The first-order valence-corrected chi connectivity index (χ1v) is 22.5. The van der Waals surface area contributed by atoms with Crippen LogP contribution >= 0.6 is 17.0 Å². The summed E-state index contributed by atoms with van der Waals surface area (Å²) in [4.78, 5) is 3.00. The monoisotopic (exact) mass is 577 g/mol. The van der Waals surface area contributed by atoms with Gasteiger partial charge in [0, 0.05) is 12.1 Å². The van der Waals surface area contributed by atoms with Crippen LogP contribution in [0.4, 0.5) is 0 Å². The van der Waals surface area contributed by atoms with Gasteiger partial charge in [-0.05, 0) is 66.5 Å². The number of nitrogens with zero attached hydrogens (tertiary/aromatic N) is 1. The molecule has 4 saturated carbocycles. The van der Waals surface area contributed by atoms with E-state index in [0.29, 0.717) is 0 Å². The fourth-order valence-corrected chi connectivity index (χ4v) is 15.2. The van der Waals surface area contributed by atoms with Gasteiger partial charge in [0.25, 0.3) is 0 Å². The summed E-state index contributed by atoms with van der Waals surface area (Å²) in [6.45, 7) is 10.9. The van der Waals surface area contributed by atoms with Crippen LogP contribution in [-0.2, 0) is 20.8 Å². The molecule has 0 aromatic carbocycles. The van der Waals surface area contributed by atoms with Gasteiger partial charge < -0.3 is 14.9 Å². The molecule has 32 heavy (non-hydrogen) atoms. The van der Waals surface area contributed by atoms with Crippen molar-refractivity contribution in [2.24, 2.45) is 35.5 Å². The molecule has 0 aromatic rings. The molecule has 186 valence electrons. The molecule has 1 saturated heterocycles. The summed E-state index contributed by atoms with van der Waals surface area (Å²) >= 11 is -0.826. The molecule has 5 aliphatic rings. The van der Waals surface area contributed by atoms with Crippen LogP contribution in [0.2, 0.25) is 24.2 Å². The molecule has 4 aliphatic carbocycles. The molecule has 0 aromatic heterocycles. The third-order valence-electron chi connectivity index (χ3n) is 11.1. The van der Waals surface area contributed by atoms with E-state index >= 15 is 0 Å². The predicted octanol–water partition coefficient (Wildman–Crippen LogP) is 9.09. The second-order valence-corrected chi connectivity index (χ2v) is 21.2. The second kappa shape index (κ2) is 12.3. The average molecular weight is 580 g/mol. The Hall–Kier alpha value is 1.64. The Morgan fingerprint density at radius 1 is 0.750 bits per heavy atom. The number of hydrogen-bond donors (Lipinski definition) is 0. The van der Waals surface area contributed by atoms with Crippen LogP contribution in [0.15, 0.2) is 0 Å². The first-order valence-electron chi connectivity index (χ1n) is 13.0. The van der Waals surface area contributed by atoms with Crippen LogP contribution in [-0.4, -0.2) is 32.1 Å². The summed E-state index contributed by atoms with van der Waals surface area (Å²) < 4.78 is 0. The van der Waals surface area contributed by atoms with E-state index in [9.17, 15) is 0 Å². The third-order valence-corrected chi connectivity index (χ3v) is 16.3. The van der Waals surface area contributed by atoms with Crippen molar-refractivity contribution < 1.29 is 20.8 Å². The minimum atomic E-state index is -1.20. The van der Waals surface area contributed by atoms with Gasteiger partial charge in [-0.3, -0.25) is 4.90 Å². The van der Waals surface area contributed by atoms with Gasteiger partial charge >= 0.3 is 37.9 Å². The molecule has 0 radical (unpaired) electrons. The fourth-order valence-electron chi connectivity index (χ4n) is 9.83. The summed E-state index contributed by atoms with van der Waals surface area (Å²) in [5.41, 5.74) is 2.29. The van der Waals surface area contributed by atoms with Gasteiger partial charge in [-0.25, -0.2) is 0 Å². The molecule has 0 N–H and O–H groups in total. The Morgan fingerprint density at radius 3 is 1.88 bits per heavy atom.